The van der Waals surface area contributed by atoms with Crippen molar-refractivity contribution >= 4 is 11.5 Å². The monoisotopic (exact) mass is 328 g/mol. The lowest BCUT2D eigenvalue weighted by molar-refractivity contribution is -0.385. The van der Waals surface area contributed by atoms with Crippen molar-refractivity contribution in [2.75, 3.05) is 31.6 Å². The second-order valence-electron chi connectivity index (χ2n) is 5.75. The van der Waals surface area contributed by atoms with Crippen LogP contribution in [0.1, 0.15) is 5.56 Å². The van der Waals surface area contributed by atoms with Crippen LogP contribution in [0.4, 0.5) is 11.5 Å². The highest BCUT2D eigenvalue weighted by Crippen LogP contribution is 2.14. The van der Waals surface area contributed by atoms with E-state index in [0.717, 1.165) is 19.6 Å². The molecule has 0 saturated carbocycles. The predicted molar refractivity (Wildman–Crippen MR) is 90.8 cm³/mol. The minimum Gasteiger partial charge on any atom is -0.374 e. The van der Waals surface area contributed by atoms with Crippen molar-refractivity contribution in [3.63, 3.8) is 0 Å². The van der Waals surface area contributed by atoms with Crippen LogP contribution in [0.25, 0.3) is 0 Å². The Bertz CT molecular complexity index is 663. The fraction of sp³-hybridized carbons (Fsp3) is 0.353. The van der Waals surface area contributed by atoms with Crippen LogP contribution < -0.4 is 5.32 Å². The summed E-state index contributed by atoms with van der Waals surface area (Å²) in [5.41, 5.74) is 1.28. The van der Waals surface area contributed by atoms with Crippen molar-refractivity contribution < 1.29 is 9.66 Å². The molecule has 0 radical (unpaired) electrons. The summed E-state index contributed by atoms with van der Waals surface area (Å²) >= 11 is 0. The number of morpholine rings is 1. The maximum Gasteiger partial charge on any atom is 0.287 e. The normalized spacial score (nSPS) is 18.2. The molecule has 1 saturated heterocycles. The molecule has 0 aliphatic carbocycles. The smallest absolute Gasteiger partial charge is 0.287 e. The van der Waals surface area contributed by atoms with Gasteiger partial charge in [-0.05, 0) is 11.6 Å². The highest BCUT2D eigenvalue weighted by molar-refractivity contribution is 5.40. The molecule has 126 valence electrons. The number of anilines is 1. The van der Waals surface area contributed by atoms with Gasteiger partial charge in [0.05, 0.1) is 17.6 Å². The SMILES string of the molecule is O=[N+]([O-])c1ccc(NC[C@@H]2CN(Cc3ccccc3)CCO2)nc1. The van der Waals surface area contributed by atoms with Gasteiger partial charge in [0.2, 0.25) is 0 Å². The Hall–Kier alpha value is -2.51. The molecule has 0 amide bonds. The van der Waals surface area contributed by atoms with Crippen LogP contribution >= 0.6 is 0 Å². The van der Waals surface area contributed by atoms with Gasteiger partial charge in [0, 0.05) is 32.2 Å². The first-order valence-corrected chi connectivity index (χ1v) is 7.93. The number of aromatic nitrogens is 1. The molecule has 1 atom stereocenters. The molecule has 3 rings (SSSR count). The zero-order valence-corrected chi connectivity index (χ0v) is 13.3. The standard InChI is InChI=1S/C17H20N4O3/c22-21(23)15-6-7-17(18-10-15)19-11-16-13-20(8-9-24-16)12-14-4-2-1-3-5-14/h1-7,10,16H,8-9,11-13H2,(H,18,19)/t16-/m1/s1. The molecule has 1 aromatic heterocycles. The summed E-state index contributed by atoms with van der Waals surface area (Å²) in [5.74, 6) is 0.615. The van der Waals surface area contributed by atoms with E-state index in [1.165, 1.54) is 17.8 Å². The van der Waals surface area contributed by atoms with Crippen LogP contribution in [-0.2, 0) is 11.3 Å². The van der Waals surface area contributed by atoms with Crippen molar-refractivity contribution in [3.05, 3.63) is 64.3 Å². The number of benzene rings is 1. The Balaban J connectivity index is 1.49. The molecule has 1 N–H and O–H groups in total. The number of nitro groups is 1. The van der Waals surface area contributed by atoms with E-state index in [1.807, 2.05) is 6.07 Å². The van der Waals surface area contributed by atoms with Gasteiger partial charge in [0.15, 0.2) is 0 Å². The molecule has 1 aliphatic rings. The summed E-state index contributed by atoms with van der Waals surface area (Å²) in [6, 6.07) is 13.4. The van der Waals surface area contributed by atoms with Crippen LogP contribution in [0.2, 0.25) is 0 Å². The van der Waals surface area contributed by atoms with E-state index in [2.05, 4.69) is 39.5 Å². The van der Waals surface area contributed by atoms with E-state index in [0.29, 0.717) is 19.0 Å². The highest BCUT2D eigenvalue weighted by Gasteiger charge is 2.20. The summed E-state index contributed by atoms with van der Waals surface area (Å²) < 4.78 is 5.79. The number of pyridine rings is 1. The van der Waals surface area contributed by atoms with E-state index in [1.54, 1.807) is 6.07 Å². The van der Waals surface area contributed by atoms with Crippen LogP contribution in [0.5, 0.6) is 0 Å². The summed E-state index contributed by atoms with van der Waals surface area (Å²) in [4.78, 5) is 16.6. The molecular formula is C17H20N4O3. The number of nitrogens with zero attached hydrogens (tertiary/aromatic N) is 3. The number of nitrogens with one attached hydrogen (secondary N) is 1. The quantitative estimate of drug-likeness (QED) is 0.647. The summed E-state index contributed by atoms with van der Waals surface area (Å²) in [5, 5.41) is 13.8. The minimum absolute atomic E-state index is 0.0106. The largest absolute Gasteiger partial charge is 0.374 e. The number of hydrogen-bond acceptors (Lipinski definition) is 6. The van der Waals surface area contributed by atoms with Gasteiger partial charge in [-0.1, -0.05) is 30.3 Å². The van der Waals surface area contributed by atoms with Gasteiger partial charge < -0.3 is 10.1 Å². The zero-order valence-electron chi connectivity index (χ0n) is 13.3. The predicted octanol–water partition coefficient (Wildman–Crippen LogP) is 2.30. The number of hydrogen-bond donors (Lipinski definition) is 1. The Labute approximate surface area is 140 Å². The molecule has 0 spiro atoms. The molecule has 0 bridgehead atoms. The molecule has 2 aromatic rings. The third kappa shape index (κ3) is 4.50. The van der Waals surface area contributed by atoms with Crippen molar-refractivity contribution in [2.24, 2.45) is 0 Å². The molecule has 1 aromatic carbocycles. The second kappa shape index (κ2) is 7.85. The molecule has 7 heteroatoms. The first-order valence-electron chi connectivity index (χ1n) is 7.93. The van der Waals surface area contributed by atoms with E-state index in [4.69, 9.17) is 4.74 Å². The number of ether oxygens (including phenoxy) is 1. The second-order valence-corrected chi connectivity index (χ2v) is 5.75. The van der Waals surface area contributed by atoms with Crippen molar-refractivity contribution in [2.45, 2.75) is 12.6 Å². The summed E-state index contributed by atoms with van der Waals surface area (Å²) in [6.45, 7) is 4.00. The van der Waals surface area contributed by atoms with Crippen LogP contribution in [0, 0.1) is 10.1 Å². The molecule has 24 heavy (non-hydrogen) atoms. The van der Waals surface area contributed by atoms with Crippen LogP contribution in [0.3, 0.4) is 0 Å². The molecule has 7 nitrogen and oxygen atoms in total. The Kier molecular flexibility index (Phi) is 5.35. The van der Waals surface area contributed by atoms with Crippen LogP contribution in [-0.4, -0.2) is 47.2 Å². The Morgan fingerprint density at radius 1 is 1.29 bits per heavy atom. The van der Waals surface area contributed by atoms with Crippen LogP contribution in [0.15, 0.2) is 48.7 Å². The van der Waals surface area contributed by atoms with Gasteiger partial charge in [-0.15, -0.1) is 0 Å². The first-order chi connectivity index (χ1) is 11.7. The maximum absolute atomic E-state index is 10.6. The third-order valence-electron chi connectivity index (χ3n) is 3.94. The molecule has 1 aliphatic heterocycles. The molecular weight excluding hydrogens is 308 g/mol. The fourth-order valence-electron chi connectivity index (χ4n) is 2.71. The van der Waals surface area contributed by atoms with Gasteiger partial charge in [0.1, 0.15) is 12.0 Å². The van der Waals surface area contributed by atoms with Gasteiger partial charge in [-0.3, -0.25) is 15.0 Å². The van der Waals surface area contributed by atoms with E-state index in [-0.39, 0.29) is 11.8 Å². The zero-order chi connectivity index (χ0) is 16.8. The average molecular weight is 328 g/mol. The maximum atomic E-state index is 10.6. The van der Waals surface area contributed by atoms with Crippen molar-refractivity contribution in [1.82, 2.24) is 9.88 Å². The van der Waals surface area contributed by atoms with E-state index >= 15 is 0 Å². The first kappa shape index (κ1) is 16.4. The Morgan fingerprint density at radius 2 is 2.12 bits per heavy atom. The van der Waals surface area contributed by atoms with Crippen molar-refractivity contribution in [1.29, 1.82) is 0 Å². The van der Waals surface area contributed by atoms with E-state index < -0.39 is 4.92 Å². The third-order valence-corrected chi connectivity index (χ3v) is 3.94. The van der Waals surface area contributed by atoms with Crippen molar-refractivity contribution in [3.8, 4) is 0 Å². The van der Waals surface area contributed by atoms with Gasteiger partial charge >= 0.3 is 0 Å². The lowest BCUT2D eigenvalue weighted by Gasteiger charge is -2.33. The lowest BCUT2D eigenvalue weighted by atomic mass is 10.2. The lowest BCUT2D eigenvalue weighted by Crippen LogP contribution is -2.44. The average Bonchev–Trinajstić information content (AvgIpc) is 2.61. The molecule has 0 unspecified atom stereocenters. The van der Waals surface area contributed by atoms with Gasteiger partial charge in [-0.2, -0.15) is 0 Å². The topological polar surface area (TPSA) is 80.5 Å². The Morgan fingerprint density at radius 3 is 2.83 bits per heavy atom. The summed E-state index contributed by atoms with van der Waals surface area (Å²) in [7, 11) is 0. The molecule has 2 heterocycles. The van der Waals surface area contributed by atoms with Gasteiger partial charge in [0.25, 0.3) is 5.69 Å². The fourth-order valence-corrected chi connectivity index (χ4v) is 2.71. The summed E-state index contributed by atoms with van der Waals surface area (Å²) in [6.07, 6.45) is 1.32. The van der Waals surface area contributed by atoms with Gasteiger partial charge in [-0.25, -0.2) is 4.98 Å². The molecule has 1 fully saturated rings. The van der Waals surface area contributed by atoms with E-state index in [9.17, 15) is 10.1 Å². The minimum atomic E-state index is -0.456. The number of rotatable bonds is 6. The highest BCUT2D eigenvalue weighted by atomic mass is 16.6.